The van der Waals surface area contributed by atoms with Crippen molar-refractivity contribution in [3.05, 3.63) is 130 Å². The number of alkyl halides is 1. The average molecular weight is 762 g/mol. The summed E-state index contributed by atoms with van der Waals surface area (Å²) < 4.78 is 7.06. The van der Waals surface area contributed by atoms with Gasteiger partial charge in [-0.15, -0.1) is 0 Å². The first-order valence-corrected chi connectivity index (χ1v) is 19.8. The highest BCUT2D eigenvalue weighted by molar-refractivity contribution is 14.1. The van der Waals surface area contributed by atoms with Crippen LogP contribution in [0.5, 0.6) is 5.75 Å². The van der Waals surface area contributed by atoms with E-state index < -0.39 is 0 Å². The van der Waals surface area contributed by atoms with E-state index in [1.165, 1.54) is 44.2 Å². The molecule has 1 N–H and O–H groups in total. The molecule has 0 aromatic heterocycles. The second kappa shape index (κ2) is 17.5. The van der Waals surface area contributed by atoms with Crippen LogP contribution < -0.4 is 15.4 Å². The molecule has 2 nitrogen and oxygen atoms in total. The van der Waals surface area contributed by atoms with Gasteiger partial charge in [-0.1, -0.05) is 177 Å². The van der Waals surface area contributed by atoms with Crippen molar-refractivity contribution in [3.63, 3.8) is 0 Å². The zero-order valence-electron chi connectivity index (χ0n) is 30.1. The van der Waals surface area contributed by atoms with Crippen molar-refractivity contribution >= 4 is 36.5 Å². The minimum absolute atomic E-state index is 0.0388. The van der Waals surface area contributed by atoms with E-state index in [-0.39, 0.29) is 8.58 Å². The van der Waals surface area contributed by atoms with Gasteiger partial charge in [0.1, 0.15) is 12.4 Å². The van der Waals surface area contributed by atoms with E-state index in [9.17, 15) is 0 Å². The standard InChI is InChI=1S/C43H57INOP/c1-9-25-43(11-3,47-41-32(6)19-18-24-36(41)29-45-28-34-20-14-12-15-21-34)39-27-37(31(4)5)26-38(42(8,44)33(7)10-2)40(39)46-30-35-22-16-13-17-23-35/h12-24,26-27,31,33,45,47H,9-11,25,28-30H2,1-8H3. The van der Waals surface area contributed by atoms with E-state index in [0.717, 1.165) is 44.5 Å². The number of aryl methyl sites for hydroxylation is 1. The van der Waals surface area contributed by atoms with Crippen LogP contribution in [-0.2, 0) is 28.3 Å². The smallest absolute Gasteiger partial charge is 0.128 e. The molecule has 0 radical (unpaired) electrons. The lowest BCUT2D eigenvalue weighted by Gasteiger charge is -2.40. The number of rotatable bonds is 17. The van der Waals surface area contributed by atoms with Crippen molar-refractivity contribution in [2.24, 2.45) is 5.92 Å². The molecule has 0 bridgehead atoms. The number of halogens is 1. The fourth-order valence-electron chi connectivity index (χ4n) is 6.62. The SMILES string of the molecule is CCCC(CC)(Pc1c(C)cccc1CNCc1ccccc1)c1cc(C(C)C)cc(C(C)(I)C(C)CC)c1OCc1ccccc1. The van der Waals surface area contributed by atoms with Crippen molar-refractivity contribution in [3.8, 4) is 5.75 Å². The van der Waals surface area contributed by atoms with Gasteiger partial charge in [-0.25, -0.2) is 0 Å². The van der Waals surface area contributed by atoms with Crippen LogP contribution in [0.4, 0.5) is 0 Å². The van der Waals surface area contributed by atoms with Gasteiger partial charge in [-0.05, 0) is 71.6 Å². The van der Waals surface area contributed by atoms with Crippen LogP contribution in [0.2, 0.25) is 0 Å². The lowest BCUT2D eigenvalue weighted by molar-refractivity contribution is 0.288. The van der Waals surface area contributed by atoms with Crippen molar-refractivity contribution in [2.45, 2.75) is 115 Å². The quantitative estimate of drug-likeness (QED) is 0.0657. The Hall–Kier alpha value is -2.20. The van der Waals surface area contributed by atoms with Crippen LogP contribution in [0.15, 0.2) is 91.0 Å². The van der Waals surface area contributed by atoms with Crippen molar-refractivity contribution in [1.29, 1.82) is 0 Å². The highest BCUT2D eigenvalue weighted by Crippen LogP contribution is 2.56. The molecule has 0 saturated carbocycles. The van der Waals surface area contributed by atoms with Crippen molar-refractivity contribution in [1.82, 2.24) is 5.32 Å². The number of hydrogen-bond donors (Lipinski definition) is 1. The molecule has 4 unspecified atom stereocenters. The number of ether oxygens (including phenoxy) is 1. The van der Waals surface area contributed by atoms with Crippen LogP contribution >= 0.6 is 31.2 Å². The molecule has 0 heterocycles. The summed E-state index contributed by atoms with van der Waals surface area (Å²) in [7, 11) is 0.635. The third-order valence-corrected chi connectivity index (χ3v) is 14.0. The van der Waals surface area contributed by atoms with Crippen molar-refractivity contribution < 1.29 is 4.74 Å². The van der Waals surface area contributed by atoms with Gasteiger partial charge in [0, 0.05) is 29.4 Å². The molecule has 0 aliphatic carbocycles. The summed E-state index contributed by atoms with van der Waals surface area (Å²) in [5, 5.41) is 5.23. The van der Waals surface area contributed by atoms with Gasteiger partial charge in [0.2, 0.25) is 0 Å². The number of hydrogen-bond acceptors (Lipinski definition) is 2. The first-order valence-electron chi connectivity index (χ1n) is 17.7. The van der Waals surface area contributed by atoms with Gasteiger partial charge >= 0.3 is 0 Å². The molecule has 4 atom stereocenters. The lowest BCUT2D eigenvalue weighted by Crippen LogP contribution is -2.30. The molecule has 0 aliphatic rings. The molecular formula is C43H57INOP. The highest BCUT2D eigenvalue weighted by Gasteiger charge is 2.40. The van der Waals surface area contributed by atoms with Gasteiger partial charge < -0.3 is 10.1 Å². The minimum Gasteiger partial charge on any atom is -0.488 e. The van der Waals surface area contributed by atoms with Crippen LogP contribution in [0.3, 0.4) is 0 Å². The molecule has 4 aromatic carbocycles. The molecule has 0 spiro atoms. The normalized spacial score (nSPS) is 15.1. The van der Waals surface area contributed by atoms with Gasteiger partial charge in [0.05, 0.1) is 3.42 Å². The zero-order valence-corrected chi connectivity index (χ0v) is 33.2. The Kier molecular flexibility index (Phi) is 14.0. The maximum atomic E-state index is 7.12. The number of benzene rings is 4. The summed E-state index contributed by atoms with van der Waals surface area (Å²) >= 11 is 2.73. The summed E-state index contributed by atoms with van der Waals surface area (Å²) in [5.41, 5.74) is 9.52. The summed E-state index contributed by atoms with van der Waals surface area (Å²) in [4.78, 5) is 0. The largest absolute Gasteiger partial charge is 0.488 e. The van der Waals surface area contributed by atoms with E-state index in [4.69, 9.17) is 4.74 Å². The van der Waals surface area contributed by atoms with E-state index in [1.54, 1.807) is 0 Å². The predicted octanol–water partition coefficient (Wildman–Crippen LogP) is 12.1. The summed E-state index contributed by atoms with van der Waals surface area (Å²) in [6.07, 6.45) is 4.43. The Morgan fingerprint density at radius 1 is 0.809 bits per heavy atom. The third-order valence-electron chi connectivity index (χ3n) is 10.1. The summed E-state index contributed by atoms with van der Waals surface area (Å²) in [6, 6.07) is 33.3. The summed E-state index contributed by atoms with van der Waals surface area (Å²) in [5.74, 6) is 2.05. The van der Waals surface area contributed by atoms with E-state index in [1.807, 2.05) is 0 Å². The van der Waals surface area contributed by atoms with Crippen molar-refractivity contribution in [2.75, 3.05) is 0 Å². The van der Waals surface area contributed by atoms with Crippen LogP contribution in [0.25, 0.3) is 0 Å². The molecule has 47 heavy (non-hydrogen) atoms. The fourth-order valence-corrected chi connectivity index (χ4v) is 9.42. The van der Waals surface area contributed by atoms with Gasteiger partial charge in [-0.2, -0.15) is 0 Å². The Balaban J connectivity index is 1.88. The maximum absolute atomic E-state index is 7.12. The molecule has 0 saturated heterocycles. The second-order valence-corrected chi connectivity index (χ2v) is 17.7. The van der Waals surface area contributed by atoms with Crippen LogP contribution in [-0.4, -0.2) is 0 Å². The topological polar surface area (TPSA) is 21.3 Å². The first-order chi connectivity index (χ1) is 22.6. The second-order valence-electron chi connectivity index (χ2n) is 13.8. The fraction of sp³-hybridized carbons (Fsp3) is 0.442. The Labute approximate surface area is 301 Å². The van der Waals surface area contributed by atoms with E-state index >= 15 is 0 Å². The summed E-state index contributed by atoms with van der Waals surface area (Å²) in [6.45, 7) is 21.2. The van der Waals surface area contributed by atoms with Crippen LogP contribution in [0, 0.1) is 12.8 Å². The third kappa shape index (κ3) is 9.28. The minimum atomic E-state index is -0.0673. The Morgan fingerprint density at radius 2 is 1.45 bits per heavy atom. The average Bonchev–Trinajstić information content (AvgIpc) is 3.08. The lowest BCUT2D eigenvalue weighted by atomic mass is 9.80. The zero-order chi connectivity index (χ0) is 34.0. The van der Waals surface area contributed by atoms with E-state index in [2.05, 4.69) is 174 Å². The molecule has 4 aromatic rings. The van der Waals surface area contributed by atoms with E-state index in [0.29, 0.717) is 27.0 Å². The first kappa shape index (κ1) is 37.6. The molecular weight excluding hydrogens is 704 g/mol. The molecule has 0 fully saturated rings. The molecule has 4 rings (SSSR count). The van der Waals surface area contributed by atoms with Gasteiger partial charge in [0.25, 0.3) is 0 Å². The maximum Gasteiger partial charge on any atom is 0.128 e. The monoisotopic (exact) mass is 761 g/mol. The molecule has 252 valence electrons. The predicted molar refractivity (Wildman–Crippen MR) is 215 cm³/mol. The van der Waals surface area contributed by atoms with Crippen LogP contribution in [0.1, 0.15) is 119 Å². The van der Waals surface area contributed by atoms with Gasteiger partial charge in [-0.3, -0.25) is 0 Å². The van der Waals surface area contributed by atoms with Gasteiger partial charge in [0.15, 0.2) is 0 Å². The molecule has 0 aliphatic heterocycles. The molecule has 4 heteroatoms. The number of nitrogens with one attached hydrogen (secondary N) is 1. The Morgan fingerprint density at radius 3 is 2.04 bits per heavy atom. The molecule has 0 amide bonds. The highest BCUT2D eigenvalue weighted by atomic mass is 127. The Bertz CT molecular complexity index is 1550.